The van der Waals surface area contributed by atoms with Crippen LogP contribution in [-0.2, 0) is 6.18 Å². The molecule has 6 heteroatoms. The molecule has 0 heterocycles. The second-order valence-electron chi connectivity index (χ2n) is 4.35. The van der Waals surface area contributed by atoms with Gasteiger partial charge in [-0.15, -0.1) is 0 Å². The highest BCUT2D eigenvalue weighted by molar-refractivity contribution is 5.77. The molecule has 2 aromatic carbocycles. The molecule has 0 unspecified atom stereocenters. The van der Waals surface area contributed by atoms with Crippen LogP contribution in [0.4, 0.5) is 30.2 Å². The Labute approximate surface area is 120 Å². The molecular weight excluding hydrogens is 281 g/mol. The molecule has 0 spiro atoms. The van der Waals surface area contributed by atoms with Crippen molar-refractivity contribution in [3.8, 4) is 5.75 Å². The van der Waals surface area contributed by atoms with Crippen LogP contribution >= 0.6 is 0 Å². The van der Waals surface area contributed by atoms with Crippen molar-refractivity contribution in [1.29, 1.82) is 0 Å². The van der Waals surface area contributed by atoms with E-state index in [1.165, 1.54) is 12.1 Å². The van der Waals surface area contributed by atoms with Gasteiger partial charge in [-0.3, -0.25) is 0 Å². The molecule has 0 fully saturated rings. The molecule has 0 bridgehead atoms. The molecule has 0 aliphatic heterocycles. The monoisotopic (exact) mass is 296 g/mol. The third kappa shape index (κ3) is 3.59. The van der Waals surface area contributed by atoms with E-state index < -0.39 is 11.7 Å². The fraction of sp³-hybridized carbons (Fsp3) is 0.200. The Bertz CT molecular complexity index is 609. The number of nitrogens with two attached hydrogens (primary N) is 1. The van der Waals surface area contributed by atoms with Crippen LogP contribution in [0.25, 0.3) is 0 Å². The number of hydrogen-bond acceptors (Lipinski definition) is 3. The second-order valence-corrected chi connectivity index (χ2v) is 4.35. The number of nitrogens with one attached hydrogen (secondary N) is 1. The van der Waals surface area contributed by atoms with Crippen molar-refractivity contribution >= 4 is 17.1 Å². The largest absolute Gasteiger partial charge is 0.492 e. The quantitative estimate of drug-likeness (QED) is 0.820. The van der Waals surface area contributed by atoms with Gasteiger partial charge < -0.3 is 15.8 Å². The molecule has 3 N–H and O–H groups in total. The van der Waals surface area contributed by atoms with Crippen molar-refractivity contribution in [2.24, 2.45) is 0 Å². The number of ether oxygens (including phenoxy) is 1. The average Bonchev–Trinajstić information content (AvgIpc) is 2.43. The van der Waals surface area contributed by atoms with E-state index in [4.69, 9.17) is 10.5 Å². The Balaban J connectivity index is 2.20. The number of halogens is 3. The summed E-state index contributed by atoms with van der Waals surface area (Å²) in [5.74, 6) is 0.536. The lowest BCUT2D eigenvalue weighted by atomic mass is 10.2. The van der Waals surface area contributed by atoms with Gasteiger partial charge in [0, 0.05) is 5.69 Å². The van der Waals surface area contributed by atoms with Gasteiger partial charge in [-0.05, 0) is 43.3 Å². The number of benzene rings is 2. The van der Waals surface area contributed by atoms with Gasteiger partial charge in [0.2, 0.25) is 0 Å². The second kappa shape index (κ2) is 5.95. The van der Waals surface area contributed by atoms with E-state index in [-0.39, 0.29) is 0 Å². The molecular formula is C15H15F3N2O. The van der Waals surface area contributed by atoms with Crippen LogP contribution in [0, 0.1) is 0 Å². The number of anilines is 3. The Morgan fingerprint density at radius 2 is 1.76 bits per heavy atom. The Kier molecular flexibility index (Phi) is 4.26. The number of nitrogen functional groups attached to an aromatic ring is 1. The van der Waals surface area contributed by atoms with Crippen LogP contribution in [0.5, 0.6) is 5.75 Å². The molecule has 112 valence electrons. The topological polar surface area (TPSA) is 47.3 Å². The standard InChI is InChI=1S/C15H15F3N2O/c1-2-21-13-5-3-4-12(14(13)19)20-11-8-6-10(7-9-11)15(16,17)18/h3-9,20H,2,19H2,1H3. The maximum absolute atomic E-state index is 12.5. The summed E-state index contributed by atoms with van der Waals surface area (Å²) in [5.41, 5.74) is 6.78. The summed E-state index contributed by atoms with van der Waals surface area (Å²) in [5, 5.41) is 2.98. The van der Waals surface area contributed by atoms with Crippen LogP contribution in [0.1, 0.15) is 12.5 Å². The van der Waals surface area contributed by atoms with E-state index in [9.17, 15) is 13.2 Å². The first-order valence-corrected chi connectivity index (χ1v) is 6.37. The fourth-order valence-electron chi connectivity index (χ4n) is 1.83. The highest BCUT2D eigenvalue weighted by atomic mass is 19.4. The summed E-state index contributed by atoms with van der Waals surface area (Å²) in [6.45, 7) is 2.32. The highest BCUT2D eigenvalue weighted by Crippen LogP contribution is 2.33. The third-order valence-electron chi connectivity index (χ3n) is 2.86. The number of hydrogen-bond donors (Lipinski definition) is 2. The number of alkyl halides is 3. The van der Waals surface area contributed by atoms with Crippen molar-refractivity contribution in [2.45, 2.75) is 13.1 Å². The molecule has 0 saturated carbocycles. The van der Waals surface area contributed by atoms with Crippen LogP contribution in [0.15, 0.2) is 42.5 Å². The molecule has 0 aromatic heterocycles. The molecule has 2 rings (SSSR count). The van der Waals surface area contributed by atoms with Crippen LogP contribution in [0.2, 0.25) is 0 Å². The van der Waals surface area contributed by atoms with E-state index in [1.807, 2.05) is 6.92 Å². The molecule has 2 aromatic rings. The predicted molar refractivity (Wildman–Crippen MR) is 76.8 cm³/mol. The number of rotatable bonds is 4. The molecule has 3 nitrogen and oxygen atoms in total. The lowest BCUT2D eigenvalue weighted by Gasteiger charge is -2.14. The van der Waals surface area contributed by atoms with Gasteiger partial charge in [-0.25, -0.2) is 0 Å². The minimum atomic E-state index is -4.34. The predicted octanol–water partition coefficient (Wildman–Crippen LogP) is 4.43. The summed E-state index contributed by atoms with van der Waals surface area (Å²) >= 11 is 0. The summed E-state index contributed by atoms with van der Waals surface area (Å²) in [7, 11) is 0. The first-order valence-electron chi connectivity index (χ1n) is 6.37. The van der Waals surface area contributed by atoms with Crippen molar-refractivity contribution in [2.75, 3.05) is 17.7 Å². The molecule has 0 amide bonds. The first kappa shape index (κ1) is 15.0. The fourth-order valence-corrected chi connectivity index (χ4v) is 1.83. The maximum atomic E-state index is 12.5. The molecule has 0 aliphatic carbocycles. The minimum absolute atomic E-state index is 0.416. The molecule has 0 atom stereocenters. The van der Waals surface area contributed by atoms with Gasteiger partial charge in [0.15, 0.2) is 0 Å². The molecule has 0 radical (unpaired) electrons. The zero-order chi connectivity index (χ0) is 15.5. The third-order valence-corrected chi connectivity index (χ3v) is 2.86. The lowest BCUT2D eigenvalue weighted by Crippen LogP contribution is -2.05. The highest BCUT2D eigenvalue weighted by Gasteiger charge is 2.29. The Morgan fingerprint density at radius 1 is 1.10 bits per heavy atom. The normalized spacial score (nSPS) is 11.2. The van der Waals surface area contributed by atoms with E-state index >= 15 is 0 Å². The van der Waals surface area contributed by atoms with Gasteiger partial charge in [0.25, 0.3) is 0 Å². The Hall–Kier alpha value is -2.37. The molecule has 0 saturated heterocycles. The van der Waals surface area contributed by atoms with Crippen molar-refractivity contribution in [3.05, 3.63) is 48.0 Å². The zero-order valence-corrected chi connectivity index (χ0v) is 11.4. The zero-order valence-electron chi connectivity index (χ0n) is 11.4. The SMILES string of the molecule is CCOc1cccc(Nc2ccc(C(F)(F)F)cc2)c1N. The average molecular weight is 296 g/mol. The van der Waals surface area contributed by atoms with Gasteiger partial charge in [-0.2, -0.15) is 13.2 Å². The van der Waals surface area contributed by atoms with Crippen LogP contribution < -0.4 is 15.8 Å². The van der Waals surface area contributed by atoms with Crippen LogP contribution in [-0.4, -0.2) is 6.61 Å². The van der Waals surface area contributed by atoms with Crippen molar-refractivity contribution in [1.82, 2.24) is 0 Å². The van der Waals surface area contributed by atoms with Crippen LogP contribution in [0.3, 0.4) is 0 Å². The van der Waals surface area contributed by atoms with Gasteiger partial charge in [0.1, 0.15) is 5.75 Å². The van der Waals surface area contributed by atoms with E-state index in [0.29, 0.717) is 29.4 Å². The molecule has 0 aliphatic rings. The molecule has 21 heavy (non-hydrogen) atoms. The van der Waals surface area contributed by atoms with E-state index in [0.717, 1.165) is 12.1 Å². The van der Waals surface area contributed by atoms with E-state index in [2.05, 4.69) is 5.32 Å². The maximum Gasteiger partial charge on any atom is 0.416 e. The summed E-state index contributed by atoms with van der Waals surface area (Å²) in [4.78, 5) is 0. The van der Waals surface area contributed by atoms with E-state index in [1.54, 1.807) is 18.2 Å². The minimum Gasteiger partial charge on any atom is -0.492 e. The lowest BCUT2D eigenvalue weighted by molar-refractivity contribution is -0.137. The summed E-state index contributed by atoms with van der Waals surface area (Å²) in [6.07, 6.45) is -4.34. The van der Waals surface area contributed by atoms with Crippen molar-refractivity contribution in [3.63, 3.8) is 0 Å². The summed E-state index contributed by atoms with van der Waals surface area (Å²) < 4.78 is 42.8. The van der Waals surface area contributed by atoms with Gasteiger partial charge in [0.05, 0.1) is 23.5 Å². The van der Waals surface area contributed by atoms with Crippen molar-refractivity contribution < 1.29 is 17.9 Å². The number of para-hydroxylation sites is 1. The van der Waals surface area contributed by atoms with Gasteiger partial charge in [-0.1, -0.05) is 6.07 Å². The first-order chi connectivity index (χ1) is 9.91. The smallest absolute Gasteiger partial charge is 0.416 e. The van der Waals surface area contributed by atoms with Gasteiger partial charge >= 0.3 is 6.18 Å². The summed E-state index contributed by atoms with van der Waals surface area (Å²) in [6, 6.07) is 9.97. The Morgan fingerprint density at radius 3 is 2.33 bits per heavy atom.